The fourth-order valence-electron chi connectivity index (χ4n) is 7.64. The van der Waals surface area contributed by atoms with Crippen LogP contribution in [0.5, 0.6) is 0 Å². The van der Waals surface area contributed by atoms with Gasteiger partial charge in [0, 0.05) is 35.6 Å². The van der Waals surface area contributed by atoms with Crippen molar-refractivity contribution in [3.05, 3.63) is 131 Å². The summed E-state index contributed by atoms with van der Waals surface area (Å²) in [5, 5.41) is 17.3. The van der Waals surface area contributed by atoms with Gasteiger partial charge in [-0.05, 0) is 65.3 Å². The second kappa shape index (κ2) is 15.3. The third kappa shape index (κ3) is 7.52. The molecule has 0 bridgehead atoms. The Morgan fingerprint density at radius 2 is 1.62 bits per heavy atom. The first-order valence-corrected chi connectivity index (χ1v) is 17.8. The van der Waals surface area contributed by atoms with Crippen molar-refractivity contribution in [2.75, 3.05) is 13.2 Å². The quantitative estimate of drug-likeness (QED) is 0.200. The SMILES string of the molecule is CC(O)C(NC(=O)C(CC(=O)C(CC1=CN=C2C=CC=CC12)NC(=O)OCC1c2ccccc2-c2ccccc21)CC1=c2ccccc2=NC1)C(N)=O. The number of hydrogen-bond donors (Lipinski definition) is 4. The van der Waals surface area contributed by atoms with Crippen LogP contribution in [0, 0.1) is 11.8 Å². The highest BCUT2D eigenvalue weighted by atomic mass is 16.5. The minimum absolute atomic E-state index is 0.0625. The Labute approximate surface area is 306 Å². The first-order chi connectivity index (χ1) is 25.7. The van der Waals surface area contributed by atoms with Gasteiger partial charge in [-0.15, -0.1) is 0 Å². The van der Waals surface area contributed by atoms with Crippen LogP contribution in [0.25, 0.3) is 16.7 Å². The molecule has 11 heteroatoms. The van der Waals surface area contributed by atoms with Crippen LogP contribution in [0.4, 0.5) is 4.79 Å². The van der Waals surface area contributed by atoms with E-state index in [1.165, 1.54) is 6.92 Å². The number of carbonyl (C=O) groups excluding carboxylic acids is 4. The predicted molar refractivity (Wildman–Crippen MR) is 200 cm³/mol. The summed E-state index contributed by atoms with van der Waals surface area (Å²) in [5.41, 5.74) is 12.3. The molecule has 0 radical (unpaired) electrons. The molecule has 270 valence electrons. The van der Waals surface area contributed by atoms with Gasteiger partial charge in [0.25, 0.3) is 0 Å². The average Bonchev–Trinajstić information content (AvgIpc) is 3.86. The first-order valence-electron chi connectivity index (χ1n) is 17.8. The molecule has 2 aliphatic heterocycles. The summed E-state index contributed by atoms with van der Waals surface area (Å²) >= 11 is 0. The molecule has 2 heterocycles. The number of nitrogens with one attached hydrogen (secondary N) is 2. The second-order valence-electron chi connectivity index (χ2n) is 13.8. The van der Waals surface area contributed by atoms with E-state index in [0.717, 1.165) is 49.7 Å². The molecule has 0 fully saturated rings. The van der Waals surface area contributed by atoms with Gasteiger partial charge in [0.1, 0.15) is 12.6 Å². The Bertz CT molecular complexity index is 2170. The number of nitrogens with two attached hydrogens (primary N) is 1. The number of allylic oxidation sites excluding steroid dienone is 4. The number of rotatable bonds is 14. The third-order valence-corrected chi connectivity index (χ3v) is 10.4. The van der Waals surface area contributed by atoms with Crippen molar-refractivity contribution in [2.45, 2.75) is 50.3 Å². The number of carbonyl (C=O) groups is 4. The zero-order chi connectivity index (χ0) is 37.1. The van der Waals surface area contributed by atoms with E-state index in [4.69, 9.17) is 10.5 Å². The zero-order valence-electron chi connectivity index (χ0n) is 29.3. The number of hydrogen-bond acceptors (Lipinski definition) is 8. The van der Waals surface area contributed by atoms with Crippen molar-refractivity contribution in [1.82, 2.24) is 10.6 Å². The van der Waals surface area contributed by atoms with Crippen LogP contribution < -0.4 is 26.9 Å². The number of para-hydroxylation sites is 1. The van der Waals surface area contributed by atoms with Crippen molar-refractivity contribution in [2.24, 2.45) is 27.6 Å². The number of fused-ring (bicyclic) bond motifs is 5. The van der Waals surface area contributed by atoms with Crippen LogP contribution in [0.3, 0.4) is 0 Å². The maximum Gasteiger partial charge on any atom is 0.407 e. The lowest BCUT2D eigenvalue weighted by Gasteiger charge is -2.25. The monoisotopic (exact) mass is 711 g/mol. The van der Waals surface area contributed by atoms with E-state index in [0.29, 0.717) is 6.54 Å². The molecule has 5 unspecified atom stereocenters. The molecule has 7 rings (SSSR count). The van der Waals surface area contributed by atoms with Gasteiger partial charge in [0.15, 0.2) is 5.78 Å². The van der Waals surface area contributed by atoms with Gasteiger partial charge in [-0.1, -0.05) is 85.0 Å². The van der Waals surface area contributed by atoms with E-state index in [9.17, 15) is 24.3 Å². The molecule has 3 amide bonds. The van der Waals surface area contributed by atoms with Gasteiger partial charge in [0.2, 0.25) is 11.8 Å². The van der Waals surface area contributed by atoms with Crippen molar-refractivity contribution in [3.63, 3.8) is 0 Å². The van der Waals surface area contributed by atoms with Gasteiger partial charge in [0.05, 0.1) is 29.8 Å². The van der Waals surface area contributed by atoms with Crippen molar-refractivity contribution in [3.8, 4) is 11.1 Å². The molecule has 53 heavy (non-hydrogen) atoms. The largest absolute Gasteiger partial charge is 0.449 e. The zero-order valence-corrected chi connectivity index (χ0v) is 29.3. The molecule has 0 saturated heterocycles. The van der Waals surface area contributed by atoms with Crippen molar-refractivity contribution < 1.29 is 29.0 Å². The summed E-state index contributed by atoms with van der Waals surface area (Å²) in [6, 6.07) is 21.2. The third-order valence-electron chi connectivity index (χ3n) is 10.4. The number of aliphatic imine (C=N–C) groups is 1. The Morgan fingerprint density at radius 1 is 0.925 bits per heavy atom. The van der Waals surface area contributed by atoms with Crippen LogP contribution in [-0.4, -0.2) is 65.8 Å². The highest BCUT2D eigenvalue weighted by Gasteiger charge is 2.35. The summed E-state index contributed by atoms with van der Waals surface area (Å²) < 4.78 is 5.85. The standard InChI is InChI=1S/C42H41N5O6/c1-24(48)39(40(43)50)47-41(51)25(18-26-21-44-35-16-8-6-10-28(26)35)20-38(49)37(19-27-22-45-36-17-9-7-11-29(27)36)46-42(52)53-23-34-32-14-4-2-12-30(32)31-13-3-5-15-33(31)34/h2-17,22,24-25,29,34,37,39,48H,18-21,23H2,1H3,(H2,43,50)(H,46,52)(H,47,51). The van der Waals surface area contributed by atoms with Crippen molar-refractivity contribution in [1.29, 1.82) is 0 Å². The summed E-state index contributed by atoms with van der Waals surface area (Å²) in [7, 11) is 0. The Balaban J connectivity index is 1.13. The van der Waals surface area contributed by atoms with Crippen LogP contribution in [0.2, 0.25) is 0 Å². The summed E-state index contributed by atoms with van der Waals surface area (Å²) in [5.74, 6) is -3.21. The Kier molecular flexibility index (Phi) is 10.3. The van der Waals surface area contributed by atoms with Crippen LogP contribution in [0.1, 0.15) is 43.2 Å². The molecular weight excluding hydrogens is 670 g/mol. The molecule has 0 aromatic heterocycles. The van der Waals surface area contributed by atoms with E-state index < -0.39 is 47.8 Å². The lowest BCUT2D eigenvalue weighted by molar-refractivity contribution is -0.134. The lowest BCUT2D eigenvalue weighted by atomic mass is 9.85. The van der Waals surface area contributed by atoms with Crippen LogP contribution in [0.15, 0.2) is 119 Å². The average molecular weight is 712 g/mol. The molecule has 2 aliphatic carbocycles. The molecular formula is C42H41N5O6. The van der Waals surface area contributed by atoms with Gasteiger partial charge >= 0.3 is 6.09 Å². The minimum atomic E-state index is -1.36. The summed E-state index contributed by atoms with van der Waals surface area (Å²) in [6.07, 6.45) is 7.42. The molecule has 0 saturated carbocycles. The number of Topliss-reactive ketones (excluding diaryl/α,β-unsaturated/α-hetero) is 1. The Hall–Kier alpha value is -5.94. The number of aliphatic hydroxyl groups is 1. The number of benzene rings is 3. The summed E-state index contributed by atoms with van der Waals surface area (Å²) in [4.78, 5) is 63.0. The van der Waals surface area contributed by atoms with Crippen molar-refractivity contribution >= 4 is 35.0 Å². The molecule has 4 aliphatic rings. The van der Waals surface area contributed by atoms with E-state index in [1.807, 2.05) is 85.0 Å². The molecule has 3 aromatic carbocycles. The van der Waals surface area contributed by atoms with Crippen LogP contribution in [-0.2, 0) is 19.1 Å². The number of alkyl carbamates (subject to hydrolysis) is 1. The Morgan fingerprint density at radius 3 is 2.34 bits per heavy atom. The predicted octanol–water partition coefficient (Wildman–Crippen LogP) is 3.17. The molecule has 5 atom stereocenters. The topological polar surface area (TPSA) is 173 Å². The minimum Gasteiger partial charge on any atom is -0.449 e. The van der Waals surface area contributed by atoms with Gasteiger partial charge in [-0.3, -0.25) is 24.4 Å². The maximum atomic E-state index is 14.4. The van der Waals surface area contributed by atoms with E-state index >= 15 is 0 Å². The fraction of sp³-hybridized carbons (Fsp3) is 0.286. The summed E-state index contributed by atoms with van der Waals surface area (Å²) in [6.45, 7) is 1.77. The number of aliphatic hydroxyl groups excluding tert-OH is 1. The number of ether oxygens (including phenoxy) is 1. The van der Waals surface area contributed by atoms with Crippen LogP contribution >= 0.6 is 0 Å². The molecule has 11 nitrogen and oxygen atoms in total. The number of primary amides is 1. The molecule has 0 spiro atoms. The highest BCUT2D eigenvalue weighted by molar-refractivity contribution is 6.03. The molecule has 3 aromatic rings. The van der Waals surface area contributed by atoms with E-state index in [1.54, 1.807) is 6.20 Å². The van der Waals surface area contributed by atoms with Gasteiger partial charge in [-0.25, -0.2) is 4.79 Å². The van der Waals surface area contributed by atoms with Gasteiger partial charge < -0.3 is 26.2 Å². The lowest BCUT2D eigenvalue weighted by Crippen LogP contribution is -2.53. The fourth-order valence-corrected chi connectivity index (χ4v) is 7.64. The van der Waals surface area contributed by atoms with E-state index in [-0.39, 0.29) is 37.7 Å². The second-order valence-corrected chi connectivity index (χ2v) is 13.8. The maximum absolute atomic E-state index is 14.4. The number of amides is 3. The number of nitrogens with zero attached hydrogens (tertiary/aromatic N) is 2. The molecule has 5 N–H and O–H groups in total. The number of ketones is 1. The van der Waals surface area contributed by atoms with E-state index in [2.05, 4.69) is 32.8 Å². The first kappa shape index (κ1) is 35.5. The van der Waals surface area contributed by atoms with Gasteiger partial charge in [-0.2, -0.15) is 0 Å². The smallest absolute Gasteiger partial charge is 0.407 e. The highest BCUT2D eigenvalue weighted by Crippen LogP contribution is 2.44. The normalized spacial score (nSPS) is 18.6.